The summed E-state index contributed by atoms with van der Waals surface area (Å²) in [7, 11) is 0. The number of rotatable bonds is 4. The Labute approximate surface area is 166 Å². The first-order valence-corrected chi connectivity index (χ1v) is 9.15. The molecule has 5 nitrogen and oxygen atoms in total. The number of halogens is 4. The van der Waals surface area contributed by atoms with Gasteiger partial charge in [0.15, 0.2) is 5.69 Å². The van der Waals surface area contributed by atoms with Gasteiger partial charge in [0.1, 0.15) is 0 Å². The van der Waals surface area contributed by atoms with Gasteiger partial charge in [-0.3, -0.25) is 9.59 Å². The predicted molar refractivity (Wildman–Crippen MR) is 100 cm³/mol. The largest absolute Gasteiger partial charge is 0.416 e. The molecule has 1 aromatic carbocycles. The molecule has 0 bridgehead atoms. The molecule has 0 spiro atoms. The third-order valence-corrected chi connectivity index (χ3v) is 5.02. The average Bonchev–Trinajstić information content (AvgIpc) is 3.04. The molecular formula is C18H13ClF3N3O2S. The summed E-state index contributed by atoms with van der Waals surface area (Å²) in [5, 5.41) is 6.54. The van der Waals surface area contributed by atoms with Crippen LogP contribution in [0.3, 0.4) is 0 Å². The second kappa shape index (κ2) is 7.76. The van der Waals surface area contributed by atoms with E-state index in [-0.39, 0.29) is 12.2 Å². The van der Waals surface area contributed by atoms with Crippen molar-refractivity contribution in [3.63, 3.8) is 0 Å². The number of amides is 1. The van der Waals surface area contributed by atoms with E-state index in [4.69, 9.17) is 11.6 Å². The van der Waals surface area contributed by atoms with Crippen LogP contribution in [0.5, 0.6) is 0 Å². The van der Waals surface area contributed by atoms with E-state index in [1.807, 2.05) is 0 Å². The molecule has 0 saturated heterocycles. The number of hydrogen-bond donors (Lipinski definition) is 1. The van der Waals surface area contributed by atoms with E-state index in [0.29, 0.717) is 10.0 Å². The zero-order valence-electron chi connectivity index (χ0n) is 14.4. The molecular weight excluding hydrogens is 415 g/mol. The molecule has 0 atom stereocenters. The third kappa shape index (κ3) is 4.42. The number of carbonyl (C=O) groups is 1. The van der Waals surface area contributed by atoms with Crippen molar-refractivity contribution in [2.45, 2.75) is 19.6 Å². The standard InChI is InChI=1S/C18H13ClF3N3O2S/c1-10-7-14(26)16(17(27)23-9-13-5-6-15(19)28-13)24-25(10)12-4-2-3-11(8-12)18(20,21)22/h2-8H,9H2,1H3,(H,23,27). The number of aryl methyl sites for hydroxylation is 1. The normalized spacial score (nSPS) is 11.5. The van der Waals surface area contributed by atoms with E-state index in [1.54, 1.807) is 12.1 Å². The molecule has 0 aliphatic rings. The van der Waals surface area contributed by atoms with Crippen molar-refractivity contribution in [3.8, 4) is 5.69 Å². The molecule has 0 saturated carbocycles. The summed E-state index contributed by atoms with van der Waals surface area (Å²) in [6.07, 6.45) is -4.52. The van der Waals surface area contributed by atoms with Gasteiger partial charge in [0, 0.05) is 16.6 Å². The lowest BCUT2D eigenvalue weighted by Crippen LogP contribution is -2.31. The zero-order chi connectivity index (χ0) is 20.5. The number of benzene rings is 1. The lowest BCUT2D eigenvalue weighted by atomic mass is 10.2. The molecule has 10 heteroatoms. The van der Waals surface area contributed by atoms with Gasteiger partial charge in [-0.1, -0.05) is 17.7 Å². The van der Waals surface area contributed by atoms with Crippen LogP contribution in [0.25, 0.3) is 5.69 Å². The van der Waals surface area contributed by atoms with E-state index in [1.165, 1.54) is 30.4 Å². The highest BCUT2D eigenvalue weighted by Gasteiger charge is 2.30. The number of carbonyl (C=O) groups excluding carboxylic acids is 1. The summed E-state index contributed by atoms with van der Waals surface area (Å²) in [5.41, 5.74) is -1.50. The summed E-state index contributed by atoms with van der Waals surface area (Å²) < 4.78 is 40.6. The van der Waals surface area contributed by atoms with Crippen molar-refractivity contribution >= 4 is 28.8 Å². The molecule has 1 N–H and O–H groups in total. The first-order chi connectivity index (χ1) is 13.1. The Bertz CT molecular complexity index is 1090. The molecule has 28 heavy (non-hydrogen) atoms. The van der Waals surface area contributed by atoms with Crippen LogP contribution in [-0.2, 0) is 12.7 Å². The molecule has 2 aromatic heterocycles. The van der Waals surface area contributed by atoms with Crippen molar-refractivity contribution in [3.05, 3.63) is 78.9 Å². The number of nitrogens with zero attached hydrogens (tertiary/aromatic N) is 2. The maximum Gasteiger partial charge on any atom is 0.416 e. The molecule has 3 rings (SSSR count). The van der Waals surface area contributed by atoms with Crippen LogP contribution in [0.4, 0.5) is 13.2 Å². The third-order valence-electron chi connectivity index (χ3n) is 3.79. The van der Waals surface area contributed by atoms with Gasteiger partial charge in [0.2, 0.25) is 5.43 Å². The van der Waals surface area contributed by atoms with Crippen LogP contribution in [0.1, 0.15) is 26.6 Å². The highest BCUT2D eigenvalue weighted by atomic mass is 35.5. The fraction of sp³-hybridized carbons (Fsp3) is 0.167. The monoisotopic (exact) mass is 427 g/mol. The molecule has 2 heterocycles. The molecule has 0 aliphatic carbocycles. The van der Waals surface area contributed by atoms with Gasteiger partial charge in [-0.15, -0.1) is 11.3 Å². The second-order valence-electron chi connectivity index (χ2n) is 5.85. The Morgan fingerprint density at radius 2 is 2.00 bits per heavy atom. The van der Waals surface area contributed by atoms with E-state index >= 15 is 0 Å². The molecule has 0 radical (unpaired) electrons. The van der Waals surface area contributed by atoms with E-state index in [2.05, 4.69) is 10.4 Å². The van der Waals surface area contributed by atoms with Crippen molar-refractivity contribution in [2.75, 3.05) is 0 Å². The Morgan fingerprint density at radius 1 is 1.25 bits per heavy atom. The number of aromatic nitrogens is 2. The van der Waals surface area contributed by atoms with Crippen molar-refractivity contribution in [2.24, 2.45) is 0 Å². The Kier molecular flexibility index (Phi) is 5.57. The molecule has 3 aromatic rings. The molecule has 1 amide bonds. The quantitative estimate of drug-likeness (QED) is 0.678. The zero-order valence-corrected chi connectivity index (χ0v) is 16.0. The Balaban J connectivity index is 1.92. The van der Waals surface area contributed by atoms with Crippen LogP contribution >= 0.6 is 22.9 Å². The highest BCUT2D eigenvalue weighted by Crippen LogP contribution is 2.30. The minimum absolute atomic E-state index is 0.0893. The van der Waals surface area contributed by atoms with Gasteiger partial charge in [-0.2, -0.15) is 18.3 Å². The van der Waals surface area contributed by atoms with Crippen LogP contribution in [-0.4, -0.2) is 15.7 Å². The molecule has 0 fully saturated rings. The van der Waals surface area contributed by atoms with Crippen molar-refractivity contribution in [1.82, 2.24) is 15.1 Å². The van der Waals surface area contributed by atoms with Gasteiger partial charge >= 0.3 is 6.18 Å². The second-order valence-corrected chi connectivity index (χ2v) is 7.65. The van der Waals surface area contributed by atoms with E-state index in [0.717, 1.165) is 27.8 Å². The SMILES string of the molecule is Cc1cc(=O)c(C(=O)NCc2ccc(Cl)s2)nn1-c1cccc(C(F)(F)F)c1. The van der Waals surface area contributed by atoms with Crippen molar-refractivity contribution in [1.29, 1.82) is 0 Å². The minimum atomic E-state index is -4.52. The Hall–Kier alpha value is -2.65. The summed E-state index contributed by atoms with van der Waals surface area (Å²) in [6, 6.07) is 9.05. The van der Waals surface area contributed by atoms with Gasteiger partial charge in [0.05, 0.1) is 22.1 Å². The fourth-order valence-electron chi connectivity index (χ4n) is 2.48. The number of hydrogen-bond acceptors (Lipinski definition) is 4. The van der Waals surface area contributed by atoms with Crippen LogP contribution in [0.15, 0.2) is 47.3 Å². The van der Waals surface area contributed by atoms with Gasteiger partial charge in [-0.25, -0.2) is 4.68 Å². The lowest BCUT2D eigenvalue weighted by molar-refractivity contribution is -0.137. The van der Waals surface area contributed by atoms with E-state index < -0.39 is 28.8 Å². The number of thiophene rings is 1. The van der Waals surface area contributed by atoms with Crippen molar-refractivity contribution < 1.29 is 18.0 Å². The minimum Gasteiger partial charge on any atom is -0.346 e. The van der Waals surface area contributed by atoms with Crippen LogP contribution < -0.4 is 10.7 Å². The van der Waals surface area contributed by atoms with E-state index in [9.17, 15) is 22.8 Å². The van der Waals surface area contributed by atoms with Crippen LogP contribution in [0, 0.1) is 6.92 Å². The topological polar surface area (TPSA) is 64.0 Å². The maximum absolute atomic E-state index is 13.0. The summed E-state index contributed by atoms with van der Waals surface area (Å²) in [4.78, 5) is 25.3. The number of nitrogens with one attached hydrogen (secondary N) is 1. The summed E-state index contributed by atoms with van der Waals surface area (Å²) in [6.45, 7) is 1.67. The fourth-order valence-corrected chi connectivity index (χ4v) is 3.51. The maximum atomic E-state index is 13.0. The van der Waals surface area contributed by atoms with Gasteiger partial charge in [-0.05, 0) is 37.3 Å². The molecule has 0 unspecified atom stereocenters. The summed E-state index contributed by atoms with van der Waals surface area (Å²) >= 11 is 7.10. The lowest BCUT2D eigenvalue weighted by Gasteiger charge is -2.13. The first-order valence-electron chi connectivity index (χ1n) is 7.96. The smallest absolute Gasteiger partial charge is 0.346 e. The Morgan fingerprint density at radius 3 is 2.64 bits per heavy atom. The number of alkyl halides is 3. The molecule has 0 aliphatic heterocycles. The molecule has 146 valence electrons. The van der Waals surface area contributed by atoms with Crippen LogP contribution in [0.2, 0.25) is 4.34 Å². The summed E-state index contributed by atoms with van der Waals surface area (Å²) in [5.74, 6) is -0.727. The predicted octanol–water partition coefficient (Wildman–Crippen LogP) is 4.20. The highest BCUT2D eigenvalue weighted by molar-refractivity contribution is 7.16. The first kappa shape index (κ1) is 20.1. The van der Waals surface area contributed by atoms with Gasteiger partial charge < -0.3 is 5.32 Å². The van der Waals surface area contributed by atoms with Gasteiger partial charge in [0.25, 0.3) is 5.91 Å². The average molecular weight is 428 g/mol.